The van der Waals surface area contributed by atoms with E-state index >= 15 is 0 Å². The first-order valence-electron chi connectivity index (χ1n) is 10.6. The Morgan fingerprint density at radius 3 is 1.54 bits per heavy atom. The van der Waals surface area contributed by atoms with E-state index in [1.54, 1.807) is 0 Å². The van der Waals surface area contributed by atoms with Crippen LogP contribution in [0.3, 0.4) is 0 Å². The molecule has 2 aromatic carbocycles. The van der Waals surface area contributed by atoms with Crippen LogP contribution >= 0.6 is 0 Å². The van der Waals surface area contributed by atoms with Crippen molar-refractivity contribution in [3.8, 4) is 0 Å². The topological polar surface area (TPSA) is 6.25 Å². The van der Waals surface area contributed by atoms with Gasteiger partial charge in [0.2, 0.25) is 0 Å². The number of rotatable bonds is 5. The molecule has 8 heteroatoms. The van der Waals surface area contributed by atoms with Crippen molar-refractivity contribution in [3.05, 3.63) is 89.5 Å². The van der Waals surface area contributed by atoms with Crippen LogP contribution in [-0.2, 0) is 21.1 Å². The summed E-state index contributed by atoms with van der Waals surface area (Å²) < 4.78 is 3.01. The Balaban J connectivity index is -0.00000205. The molecule has 3 nitrogen and oxygen atoms in total. The molecule has 0 amide bonds. The van der Waals surface area contributed by atoms with Crippen molar-refractivity contribution >= 4 is 22.7 Å². The van der Waals surface area contributed by atoms with E-state index in [-0.39, 0.29) is 70.7 Å². The van der Waals surface area contributed by atoms with Crippen LogP contribution in [0.2, 0.25) is 0 Å². The van der Waals surface area contributed by atoms with Gasteiger partial charge in [0.25, 0.3) is 0 Å². The van der Waals surface area contributed by atoms with Gasteiger partial charge in [-0.15, -0.1) is 0 Å². The van der Waals surface area contributed by atoms with Crippen molar-refractivity contribution in [1.29, 1.82) is 0 Å². The fourth-order valence-corrected chi connectivity index (χ4v) is 3.57. The maximum absolute atomic E-state index is 2.27. The number of nitrogens with zero attached hydrogens (tertiary/aromatic N) is 3. The Morgan fingerprint density at radius 1 is 0.743 bits per heavy atom. The molecule has 0 spiro atoms. The van der Waals surface area contributed by atoms with Crippen LogP contribution in [-0.4, -0.2) is 59.1 Å². The van der Waals surface area contributed by atoms with Gasteiger partial charge in [0.1, 0.15) is 19.8 Å². The minimum Gasteiger partial charge on any atom is -1.00 e. The third kappa shape index (κ3) is 9.39. The molecule has 3 rings (SSSR count). The van der Waals surface area contributed by atoms with Gasteiger partial charge in [0, 0.05) is 31.9 Å². The summed E-state index contributed by atoms with van der Waals surface area (Å²) in [7, 11) is 12.8. The molecule has 0 fully saturated rings. The van der Waals surface area contributed by atoms with E-state index in [9.17, 15) is 0 Å². The normalized spacial score (nSPS) is 11.6. The average molecular weight is 738 g/mol. The molecule has 1 aliphatic carbocycles. The maximum atomic E-state index is 2.27. The van der Waals surface area contributed by atoms with Crippen LogP contribution in [0.1, 0.15) is 18.1 Å². The number of anilines is 1. The van der Waals surface area contributed by atoms with E-state index in [1.807, 2.05) is 0 Å². The summed E-state index contributed by atoms with van der Waals surface area (Å²) in [5, 5.41) is 0. The van der Waals surface area contributed by atoms with Gasteiger partial charge in [-0.3, -0.25) is 4.48 Å². The monoisotopic (exact) mass is 736 g/mol. The van der Waals surface area contributed by atoms with E-state index in [0.717, 1.165) is 11.0 Å². The molecular weight excluding hydrogens is 703 g/mol. The zero-order valence-electron chi connectivity index (χ0n) is 21.3. The zero-order chi connectivity index (χ0) is 21.9. The second kappa shape index (κ2) is 16.6. The molecule has 0 atom stereocenters. The third-order valence-corrected chi connectivity index (χ3v) is 5.99. The van der Waals surface area contributed by atoms with E-state index < -0.39 is 0 Å². The van der Waals surface area contributed by atoms with Gasteiger partial charge in [-0.25, -0.2) is 4.58 Å². The number of hydrogen-bond acceptors (Lipinski definition) is 1. The number of hydrogen-bond donors (Lipinski definition) is 0. The first-order chi connectivity index (χ1) is 14.2. The summed E-state index contributed by atoms with van der Waals surface area (Å²) in [5.41, 5.74) is 8.71. The summed E-state index contributed by atoms with van der Waals surface area (Å²) in [6, 6.07) is 17.9. The molecule has 0 bridgehead atoms. The van der Waals surface area contributed by atoms with Crippen molar-refractivity contribution in [3.63, 3.8) is 0 Å². The predicted molar refractivity (Wildman–Crippen MR) is 133 cm³/mol. The molecule has 2 aromatic rings. The van der Waals surface area contributed by atoms with Crippen molar-refractivity contribution < 1.29 is 75.3 Å². The first kappa shape index (κ1) is 38.5. The van der Waals surface area contributed by atoms with E-state index in [4.69, 9.17) is 0 Å². The van der Waals surface area contributed by atoms with Crippen molar-refractivity contribution in [2.75, 3.05) is 53.7 Å². The molecule has 0 saturated heterocycles. The summed E-state index contributed by atoms with van der Waals surface area (Å²) >= 11 is 0. The number of benzene rings is 2. The maximum Gasteiger partial charge on any atom is 2.00 e. The van der Waals surface area contributed by atoms with Gasteiger partial charge < -0.3 is 54.5 Å². The van der Waals surface area contributed by atoms with Crippen molar-refractivity contribution in [2.45, 2.75) is 6.92 Å². The van der Waals surface area contributed by atoms with E-state index in [0.29, 0.717) is 0 Å². The summed E-state index contributed by atoms with van der Waals surface area (Å²) in [6.45, 7) is 3.29. The fourth-order valence-electron chi connectivity index (χ4n) is 3.57. The molecule has 0 unspecified atom stereocenters. The van der Waals surface area contributed by atoms with Crippen LogP contribution < -0.4 is 59.0 Å². The SMILES string of the molecule is CC[N+](C)(C)c1ccc(C(=C2C=CC(=[N+](C)C)C=C2)c2ccc(N(C)C)cc2)cc1.[Cl-].[Cl-].[Cl-].[Cl-].[Pt+2]. The standard InChI is InChI=1S/C27H35N3.4ClH.Pt/c1-8-30(6,7)26-19-13-23(14-20-26)27(21-9-15-24(16-10-21)28(2)3)22-11-17-25(18-12-22)29(4)5;;;;;/h9-20H,8H2,1-7H3;4*1H;/q+2;;;;;+2/p-4. The van der Waals surface area contributed by atoms with Gasteiger partial charge in [-0.05, 0) is 77.7 Å². The molecule has 196 valence electrons. The first-order valence-corrected chi connectivity index (χ1v) is 10.6. The molecule has 0 saturated carbocycles. The Labute approximate surface area is 251 Å². The average Bonchev–Trinajstić information content (AvgIpc) is 2.75. The third-order valence-electron chi connectivity index (χ3n) is 5.99. The number of allylic oxidation sites excluding steroid dienone is 5. The molecule has 0 aromatic heterocycles. The molecule has 35 heavy (non-hydrogen) atoms. The van der Waals surface area contributed by atoms with Gasteiger partial charge in [-0.2, -0.15) is 0 Å². The molecule has 0 heterocycles. The van der Waals surface area contributed by atoms with Gasteiger partial charge in [0.15, 0.2) is 5.71 Å². The smallest absolute Gasteiger partial charge is 1.00 e. The molecule has 1 aliphatic rings. The quantitative estimate of drug-likeness (QED) is 0.219. The molecule has 0 aliphatic heterocycles. The van der Waals surface area contributed by atoms with Crippen molar-refractivity contribution in [2.24, 2.45) is 0 Å². The van der Waals surface area contributed by atoms with Gasteiger partial charge in [-0.1, -0.05) is 12.1 Å². The van der Waals surface area contributed by atoms with Gasteiger partial charge >= 0.3 is 21.1 Å². The van der Waals surface area contributed by atoms with Crippen LogP contribution in [0.25, 0.3) is 5.57 Å². The molecular formula is C27H35Cl4N3Pt. The Kier molecular flexibility index (Phi) is 18.3. The largest absolute Gasteiger partial charge is 2.00 e. The Morgan fingerprint density at radius 2 is 1.17 bits per heavy atom. The Hall–Kier alpha value is -1.06. The predicted octanol–water partition coefficient (Wildman–Crippen LogP) is -7.01. The summed E-state index contributed by atoms with van der Waals surface area (Å²) in [4.78, 5) is 2.13. The fraction of sp³-hybridized carbons (Fsp3) is 0.296. The minimum atomic E-state index is 0. The second-order valence-electron chi connectivity index (χ2n) is 8.81. The zero-order valence-corrected chi connectivity index (χ0v) is 26.6. The summed E-state index contributed by atoms with van der Waals surface area (Å²) in [6.07, 6.45) is 8.83. The van der Waals surface area contributed by atoms with Crippen LogP contribution in [0.4, 0.5) is 11.4 Å². The van der Waals surface area contributed by atoms with E-state index in [1.165, 1.54) is 39.4 Å². The summed E-state index contributed by atoms with van der Waals surface area (Å²) in [5.74, 6) is 0. The van der Waals surface area contributed by atoms with Crippen LogP contribution in [0, 0.1) is 0 Å². The van der Waals surface area contributed by atoms with Crippen LogP contribution in [0.5, 0.6) is 0 Å². The minimum absolute atomic E-state index is 0. The molecule has 0 radical (unpaired) electrons. The van der Waals surface area contributed by atoms with Crippen molar-refractivity contribution in [1.82, 2.24) is 4.48 Å². The van der Waals surface area contributed by atoms with Gasteiger partial charge in [0.05, 0.1) is 20.6 Å². The second-order valence-corrected chi connectivity index (χ2v) is 8.81. The Bertz CT molecular complexity index is 1020. The number of halogens is 4. The number of quaternary nitrogens is 1. The van der Waals surface area contributed by atoms with E-state index in [2.05, 4.69) is 132 Å². The van der Waals surface area contributed by atoms with Crippen LogP contribution in [0.15, 0.2) is 78.4 Å². The molecule has 0 N–H and O–H groups in total.